The van der Waals surface area contributed by atoms with E-state index in [0.29, 0.717) is 5.56 Å². The number of amides is 1. The number of hydrogen-bond donors (Lipinski definition) is 1. The van der Waals surface area contributed by atoms with Crippen LogP contribution in [0.5, 0.6) is 0 Å². The Balaban J connectivity index is 2.14. The predicted octanol–water partition coefficient (Wildman–Crippen LogP) is 2.28. The van der Waals surface area contributed by atoms with Gasteiger partial charge in [0.25, 0.3) is 5.91 Å². The average molecular weight is 338 g/mol. The number of benzene rings is 1. The summed E-state index contributed by atoms with van der Waals surface area (Å²) >= 11 is 1.55. The summed E-state index contributed by atoms with van der Waals surface area (Å²) in [4.78, 5) is 16.6. The number of nitrogens with zero attached hydrogens (tertiary/aromatic N) is 1. The molecule has 0 aliphatic rings. The lowest BCUT2D eigenvalue weighted by molar-refractivity contribution is 0.0943. The van der Waals surface area contributed by atoms with Crippen molar-refractivity contribution < 1.29 is 13.2 Å². The van der Waals surface area contributed by atoms with Crippen LogP contribution in [0.2, 0.25) is 0 Å². The van der Waals surface area contributed by atoms with Crippen LogP contribution in [-0.2, 0) is 9.84 Å². The van der Waals surface area contributed by atoms with E-state index < -0.39 is 15.9 Å². The first kappa shape index (κ1) is 16.6. The summed E-state index contributed by atoms with van der Waals surface area (Å²) in [5, 5.41) is 5.61. The third-order valence-electron chi connectivity index (χ3n) is 2.97. The van der Waals surface area contributed by atoms with Crippen LogP contribution in [0, 0.1) is 6.92 Å². The molecule has 22 heavy (non-hydrogen) atoms. The van der Waals surface area contributed by atoms with E-state index in [2.05, 4.69) is 10.3 Å². The second-order valence-corrected chi connectivity index (χ2v) is 8.55. The normalized spacial score (nSPS) is 12.9. The Hall–Kier alpha value is -1.73. The lowest BCUT2D eigenvalue weighted by Crippen LogP contribution is -2.37. The first-order chi connectivity index (χ1) is 10.2. The molecule has 1 atom stereocenters. The maximum Gasteiger partial charge on any atom is 0.251 e. The van der Waals surface area contributed by atoms with Crippen LogP contribution in [-0.4, -0.2) is 37.4 Å². The summed E-state index contributed by atoms with van der Waals surface area (Å²) in [6.07, 6.45) is 1.15. The van der Waals surface area contributed by atoms with Crippen LogP contribution >= 0.6 is 11.3 Å². The third-order valence-corrected chi connectivity index (χ3v) is 4.85. The molecule has 0 saturated carbocycles. The van der Waals surface area contributed by atoms with Crippen LogP contribution in [0.25, 0.3) is 11.3 Å². The summed E-state index contributed by atoms with van der Waals surface area (Å²) in [7, 11) is -3.12. The highest BCUT2D eigenvalue weighted by Crippen LogP contribution is 2.22. The summed E-state index contributed by atoms with van der Waals surface area (Å²) in [5.74, 6) is -0.367. The smallest absolute Gasteiger partial charge is 0.251 e. The molecule has 1 heterocycles. The van der Waals surface area contributed by atoms with E-state index in [9.17, 15) is 13.2 Å². The zero-order chi connectivity index (χ0) is 16.3. The SMILES string of the molecule is Cc1nc(-c2cccc(C(=O)N[C@H](C)CS(C)(=O)=O)c2)cs1. The fraction of sp³-hybridized carbons (Fsp3) is 0.333. The van der Waals surface area contributed by atoms with E-state index in [4.69, 9.17) is 0 Å². The third kappa shape index (κ3) is 4.64. The number of aromatic nitrogens is 1. The molecule has 0 unspecified atom stereocenters. The van der Waals surface area contributed by atoms with Gasteiger partial charge in [-0.1, -0.05) is 12.1 Å². The van der Waals surface area contributed by atoms with Crippen molar-refractivity contribution in [2.75, 3.05) is 12.0 Å². The quantitative estimate of drug-likeness (QED) is 0.907. The first-order valence-electron chi connectivity index (χ1n) is 6.76. The van der Waals surface area contributed by atoms with Crippen molar-refractivity contribution >= 4 is 27.1 Å². The average Bonchev–Trinajstić information content (AvgIpc) is 2.83. The molecule has 7 heteroatoms. The Morgan fingerprint density at radius 2 is 2.14 bits per heavy atom. The van der Waals surface area contributed by atoms with Crippen molar-refractivity contribution in [1.29, 1.82) is 0 Å². The number of hydrogen-bond acceptors (Lipinski definition) is 5. The van der Waals surface area contributed by atoms with Crippen LogP contribution in [0.1, 0.15) is 22.3 Å². The van der Waals surface area contributed by atoms with Gasteiger partial charge in [-0.2, -0.15) is 0 Å². The zero-order valence-corrected chi connectivity index (χ0v) is 14.3. The monoisotopic (exact) mass is 338 g/mol. The summed E-state index contributed by atoms with van der Waals surface area (Å²) in [6, 6.07) is 6.71. The second-order valence-electron chi connectivity index (χ2n) is 5.30. The van der Waals surface area contributed by atoms with Gasteiger partial charge in [-0.15, -0.1) is 11.3 Å². The summed E-state index contributed by atoms with van der Waals surface area (Å²) in [6.45, 7) is 3.60. The largest absolute Gasteiger partial charge is 0.349 e. The lowest BCUT2D eigenvalue weighted by Gasteiger charge is -2.13. The fourth-order valence-corrected chi connectivity index (χ4v) is 3.73. The molecule has 5 nitrogen and oxygen atoms in total. The van der Waals surface area contributed by atoms with Gasteiger partial charge >= 0.3 is 0 Å². The molecular formula is C15H18N2O3S2. The Morgan fingerprint density at radius 1 is 1.41 bits per heavy atom. The van der Waals surface area contributed by atoms with Gasteiger partial charge < -0.3 is 5.32 Å². The Bertz CT molecular complexity index is 782. The fourth-order valence-electron chi connectivity index (χ4n) is 2.12. The molecule has 118 valence electrons. The number of carbonyl (C=O) groups is 1. The number of aryl methyl sites for hydroxylation is 1. The van der Waals surface area contributed by atoms with Gasteiger partial charge in [0.1, 0.15) is 9.84 Å². The van der Waals surface area contributed by atoms with E-state index in [1.807, 2.05) is 18.4 Å². The minimum Gasteiger partial charge on any atom is -0.349 e. The molecule has 0 aliphatic heterocycles. The molecule has 0 aliphatic carbocycles. The van der Waals surface area contributed by atoms with Gasteiger partial charge in [0.2, 0.25) is 0 Å². The molecule has 1 aromatic heterocycles. The van der Waals surface area contributed by atoms with Crippen molar-refractivity contribution in [3.8, 4) is 11.3 Å². The molecular weight excluding hydrogens is 320 g/mol. The highest BCUT2D eigenvalue weighted by atomic mass is 32.2. The van der Waals surface area contributed by atoms with Crippen molar-refractivity contribution in [3.05, 3.63) is 40.2 Å². The Morgan fingerprint density at radius 3 is 2.73 bits per heavy atom. The number of sulfone groups is 1. The molecule has 0 radical (unpaired) electrons. The molecule has 2 rings (SSSR count). The van der Waals surface area contributed by atoms with Crippen LogP contribution in [0.3, 0.4) is 0 Å². The Kier molecular flexibility index (Phi) is 4.97. The van der Waals surface area contributed by atoms with Crippen LogP contribution in [0.4, 0.5) is 0 Å². The molecule has 0 spiro atoms. The molecule has 1 amide bonds. The molecule has 0 bridgehead atoms. The van der Waals surface area contributed by atoms with Crippen LogP contribution < -0.4 is 5.32 Å². The highest BCUT2D eigenvalue weighted by Gasteiger charge is 2.15. The molecule has 2 aromatic rings. The van der Waals surface area contributed by atoms with E-state index in [0.717, 1.165) is 22.5 Å². The Labute approximate surface area is 134 Å². The minimum absolute atomic E-state index is 0.0797. The van der Waals surface area contributed by atoms with Crippen molar-refractivity contribution in [3.63, 3.8) is 0 Å². The number of rotatable bonds is 5. The van der Waals surface area contributed by atoms with Crippen molar-refractivity contribution in [2.45, 2.75) is 19.9 Å². The number of carbonyl (C=O) groups excluding carboxylic acids is 1. The predicted molar refractivity (Wildman–Crippen MR) is 88.9 cm³/mol. The van der Waals surface area contributed by atoms with Gasteiger partial charge in [0, 0.05) is 28.8 Å². The molecule has 1 aromatic carbocycles. The summed E-state index contributed by atoms with van der Waals surface area (Å²) in [5.41, 5.74) is 2.19. The van der Waals surface area contributed by atoms with Gasteiger partial charge in [-0.25, -0.2) is 13.4 Å². The van der Waals surface area contributed by atoms with Gasteiger partial charge in [-0.3, -0.25) is 4.79 Å². The van der Waals surface area contributed by atoms with E-state index in [1.165, 1.54) is 0 Å². The van der Waals surface area contributed by atoms with Crippen molar-refractivity contribution in [2.24, 2.45) is 0 Å². The minimum atomic E-state index is -3.12. The van der Waals surface area contributed by atoms with E-state index in [-0.39, 0.29) is 11.7 Å². The first-order valence-corrected chi connectivity index (χ1v) is 9.70. The van der Waals surface area contributed by atoms with Gasteiger partial charge in [0.05, 0.1) is 16.5 Å². The van der Waals surface area contributed by atoms with Crippen molar-refractivity contribution in [1.82, 2.24) is 10.3 Å². The highest BCUT2D eigenvalue weighted by molar-refractivity contribution is 7.90. The topological polar surface area (TPSA) is 76.1 Å². The second kappa shape index (κ2) is 6.58. The van der Waals surface area contributed by atoms with Gasteiger partial charge in [-0.05, 0) is 26.0 Å². The molecule has 1 N–H and O–H groups in total. The van der Waals surface area contributed by atoms with Crippen LogP contribution in [0.15, 0.2) is 29.6 Å². The molecule has 0 saturated heterocycles. The van der Waals surface area contributed by atoms with E-state index >= 15 is 0 Å². The lowest BCUT2D eigenvalue weighted by atomic mass is 10.1. The number of thiazole rings is 1. The zero-order valence-electron chi connectivity index (χ0n) is 12.7. The van der Waals surface area contributed by atoms with E-state index in [1.54, 1.807) is 36.5 Å². The summed E-state index contributed by atoms with van der Waals surface area (Å²) < 4.78 is 22.5. The maximum atomic E-state index is 12.2. The standard InChI is InChI=1S/C15H18N2O3S2/c1-10(9-22(3,19)20)16-15(18)13-6-4-5-12(7-13)14-8-21-11(2)17-14/h4-8,10H,9H2,1-3H3,(H,16,18)/t10-/m1/s1. The maximum absolute atomic E-state index is 12.2. The number of nitrogens with one attached hydrogen (secondary N) is 1. The van der Waals surface area contributed by atoms with Gasteiger partial charge in [0.15, 0.2) is 0 Å². The molecule has 0 fully saturated rings.